The summed E-state index contributed by atoms with van der Waals surface area (Å²) in [6, 6.07) is 9.74. The number of amides is 1. The molecule has 2 aromatic heterocycles. The fourth-order valence-corrected chi connectivity index (χ4v) is 4.55. The second-order valence-corrected chi connectivity index (χ2v) is 8.80. The Bertz CT molecular complexity index is 1410. The van der Waals surface area contributed by atoms with E-state index in [0.29, 0.717) is 35.4 Å². The summed E-state index contributed by atoms with van der Waals surface area (Å²) in [6.07, 6.45) is 3.71. The zero-order valence-electron chi connectivity index (χ0n) is 20.3. The van der Waals surface area contributed by atoms with Crippen molar-refractivity contribution in [3.8, 4) is 5.75 Å². The molecule has 1 saturated heterocycles. The molecule has 0 radical (unpaired) electrons. The molecule has 0 spiro atoms. The summed E-state index contributed by atoms with van der Waals surface area (Å²) in [7, 11) is 3.13. The molecule has 1 fully saturated rings. The Kier molecular flexibility index (Phi) is 7.06. The van der Waals surface area contributed by atoms with Gasteiger partial charge in [-0.05, 0) is 42.3 Å². The summed E-state index contributed by atoms with van der Waals surface area (Å²) in [5.74, 6) is -0.967. The van der Waals surface area contributed by atoms with Crippen LogP contribution in [0.4, 0.5) is 8.78 Å². The van der Waals surface area contributed by atoms with Crippen LogP contribution >= 0.6 is 0 Å². The molecule has 3 heterocycles. The van der Waals surface area contributed by atoms with Crippen molar-refractivity contribution in [2.75, 3.05) is 20.3 Å². The molecule has 0 bridgehead atoms. The number of fused-ring (bicyclic) bond motifs is 1. The first-order valence-electron chi connectivity index (χ1n) is 11.8. The van der Waals surface area contributed by atoms with Crippen molar-refractivity contribution in [3.05, 3.63) is 83.8 Å². The molecule has 0 aliphatic carbocycles. The van der Waals surface area contributed by atoms with Gasteiger partial charge in [0.2, 0.25) is 0 Å². The molecule has 4 aromatic rings. The van der Waals surface area contributed by atoms with Crippen LogP contribution in [0, 0.1) is 5.82 Å². The van der Waals surface area contributed by atoms with Crippen molar-refractivity contribution >= 4 is 16.8 Å². The topological polar surface area (TPSA) is 94.4 Å². The highest BCUT2D eigenvalue weighted by atomic mass is 19.1. The van der Waals surface area contributed by atoms with E-state index in [1.165, 1.54) is 30.6 Å². The zero-order valence-corrected chi connectivity index (χ0v) is 20.3. The van der Waals surface area contributed by atoms with E-state index < -0.39 is 30.0 Å². The highest BCUT2D eigenvalue weighted by Crippen LogP contribution is 2.34. The Morgan fingerprint density at radius 2 is 2.14 bits per heavy atom. The number of carbonyl (C=O) groups is 1. The molecular weight excluding hydrogens is 482 g/mol. The molecule has 2 aromatic carbocycles. The van der Waals surface area contributed by atoms with Crippen molar-refractivity contribution < 1.29 is 23.0 Å². The fraction of sp³-hybridized carbons (Fsp3) is 0.308. The van der Waals surface area contributed by atoms with Crippen molar-refractivity contribution in [3.63, 3.8) is 0 Å². The second kappa shape index (κ2) is 10.6. The summed E-state index contributed by atoms with van der Waals surface area (Å²) in [6.45, 7) is 0.201. The van der Waals surface area contributed by atoms with Gasteiger partial charge in [-0.1, -0.05) is 12.1 Å². The quantitative estimate of drug-likeness (QED) is 0.383. The average molecular weight is 509 g/mol. The first-order valence-corrected chi connectivity index (χ1v) is 11.8. The van der Waals surface area contributed by atoms with Crippen LogP contribution in [0.2, 0.25) is 0 Å². The van der Waals surface area contributed by atoms with E-state index in [0.717, 1.165) is 5.39 Å². The third-order valence-corrected chi connectivity index (χ3v) is 6.39. The maximum Gasteiger partial charge on any atom is 0.265 e. The van der Waals surface area contributed by atoms with Gasteiger partial charge in [0.05, 0.1) is 37.0 Å². The minimum absolute atomic E-state index is 0.0756. The predicted molar refractivity (Wildman–Crippen MR) is 131 cm³/mol. The largest absolute Gasteiger partial charge is 0.494 e. The van der Waals surface area contributed by atoms with Crippen LogP contribution in [-0.2, 0) is 11.8 Å². The van der Waals surface area contributed by atoms with Crippen LogP contribution in [0.3, 0.4) is 0 Å². The van der Waals surface area contributed by atoms with E-state index in [1.54, 1.807) is 54.5 Å². The summed E-state index contributed by atoms with van der Waals surface area (Å²) in [5.41, 5.74) is 4.82. The van der Waals surface area contributed by atoms with Crippen molar-refractivity contribution in [2.24, 2.45) is 7.05 Å². The van der Waals surface area contributed by atoms with Crippen molar-refractivity contribution in [1.82, 2.24) is 30.2 Å². The summed E-state index contributed by atoms with van der Waals surface area (Å²) in [4.78, 5) is 21.7. The van der Waals surface area contributed by atoms with Gasteiger partial charge in [0, 0.05) is 37.0 Å². The zero-order chi connectivity index (χ0) is 25.9. The number of carbonyl (C=O) groups excluding carboxylic acids is 1. The lowest BCUT2D eigenvalue weighted by Crippen LogP contribution is -2.56. The fourth-order valence-electron chi connectivity index (χ4n) is 4.55. The molecule has 3 atom stereocenters. The first kappa shape index (κ1) is 24.7. The van der Waals surface area contributed by atoms with Gasteiger partial charge in [0.25, 0.3) is 5.91 Å². The van der Waals surface area contributed by atoms with E-state index in [4.69, 9.17) is 9.47 Å². The monoisotopic (exact) mass is 508 g/mol. The Morgan fingerprint density at radius 1 is 1.27 bits per heavy atom. The van der Waals surface area contributed by atoms with Crippen LogP contribution in [0.15, 0.2) is 61.2 Å². The molecule has 37 heavy (non-hydrogen) atoms. The number of benzene rings is 2. The van der Waals surface area contributed by atoms with Gasteiger partial charge in [-0.15, -0.1) is 0 Å². The molecule has 9 nitrogen and oxygen atoms in total. The molecule has 1 aliphatic heterocycles. The van der Waals surface area contributed by atoms with E-state index in [2.05, 4.69) is 20.5 Å². The number of aryl methyl sites for hydroxylation is 1. The highest BCUT2D eigenvalue weighted by molar-refractivity contribution is 5.97. The predicted octanol–water partition coefficient (Wildman–Crippen LogP) is 3.37. The van der Waals surface area contributed by atoms with Crippen molar-refractivity contribution in [2.45, 2.75) is 24.7 Å². The maximum absolute atomic E-state index is 15.3. The molecule has 5 rings (SSSR count). The number of nitrogens with one attached hydrogen (secondary N) is 1. The number of methoxy groups -OCH3 is 1. The third kappa shape index (κ3) is 5.13. The lowest BCUT2D eigenvalue weighted by Gasteiger charge is -2.40. The number of ether oxygens (including phenoxy) is 2. The van der Waals surface area contributed by atoms with Crippen LogP contribution in [0.5, 0.6) is 5.75 Å². The number of hydrazine groups is 1. The number of nitrogens with zero attached hydrogens (tertiary/aromatic N) is 5. The third-order valence-electron chi connectivity index (χ3n) is 6.39. The van der Waals surface area contributed by atoms with Gasteiger partial charge in [-0.25, -0.2) is 23.8 Å². The van der Waals surface area contributed by atoms with E-state index in [-0.39, 0.29) is 12.4 Å². The Morgan fingerprint density at radius 3 is 2.86 bits per heavy atom. The number of halogens is 2. The van der Waals surface area contributed by atoms with Gasteiger partial charge >= 0.3 is 0 Å². The van der Waals surface area contributed by atoms with E-state index in [9.17, 15) is 9.18 Å². The number of rotatable bonds is 7. The smallest absolute Gasteiger partial charge is 0.265 e. The number of hydrogen-bond acceptors (Lipinski definition) is 7. The molecule has 1 aliphatic rings. The van der Waals surface area contributed by atoms with Gasteiger partial charge < -0.3 is 9.47 Å². The Balaban J connectivity index is 1.58. The first-order chi connectivity index (χ1) is 17.9. The SMILES string of the molecule is COc1ccc([C@@H](c2ccn(C)n2)N(NC(=O)c2ccc3cncnc3c2)[C@H]2CCOC[C@H]2F)cc1F. The Labute approximate surface area is 212 Å². The summed E-state index contributed by atoms with van der Waals surface area (Å²) in [5, 5.41) is 6.83. The molecule has 1 amide bonds. The van der Waals surface area contributed by atoms with Crippen LogP contribution in [0.1, 0.15) is 34.1 Å². The molecule has 0 saturated carbocycles. The number of alkyl halides is 1. The normalized spacial score (nSPS) is 18.6. The van der Waals surface area contributed by atoms with Gasteiger partial charge in [0.1, 0.15) is 12.5 Å². The molecule has 0 unspecified atom stereocenters. The number of hydrogen-bond donors (Lipinski definition) is 1. The average Bonchev–Trinajstić information content (AvgIpc) is 3.34. The van der Waals surface area contributed by atoms with Crippen LogP contribution in [0.25, 0.3) is 10.9 Å². The minimum Gasteiger partial charge on any atom is -0.494 e. The molecule has 11 heteroatoms. The number of aromatic nitrogens is 4. The van der Waals surface area contributed by atoms with Gasteiger partial charge in [0.15, 0.2) is 11.6 Å². The molecular formula is C26H26F2N6O3. The summed E-state index contributed by atoms with van der Waals surface area (Å²) < 4.78 is 42.1. The van der Waals surface area contributed by atoms with E-state index >= 15 is 4.39 Å². The minimum atomic E-state index is -1.40. The van der Waals surface area contributed by atoms with Crippen LogP contribution in [-0.4, -0.2) is 63.2 Å². The summed E-state index contributed by atoms with van der Waals surface area (Å²) >= 11 is 0. The Hall–Kier alpha value is -3.96. The lowest BCUT2D eigenvalue weighted by molar-refractivity contribution is -0.0525. The standard InChI is InChI=1S/C26H26F2N6O3/c1-33-9-7-21(31-33)25(16-5-6-24(36-2)19(27)11-16)34(23-8-10-37-14-20(23)28)32-26(35)17-3-4-18-13-29-15-30-22(18)12-17/h3-7,9,11-13,15,20,23,25H,8,10,14H2,1-2H3,(H,32,35)/t20-,23+,25+/m1/s1. The van der Waals surface area contributed by atoms with E-state index in [1.807, 2.05) is 0 Å². The highest BCUT2D eigenvalue weighted by Gasteiger charge is 2.39. The maximum atomic E-state index is 15.3. The molecule has 1 N–H and O–H groups in total. The van der Waals surface area contributed by atoms with Crippen molar-refractivity contribution in [1.29, 1.82) is 0 Å². The molecule has 192 valence electrons. The van der Waals surface area contributed by atoms with Gasteiger partial charge in [-0.2, -0.15) is 5.10 Å². The van der Waals surface area contributed by atoms with Crippen LogP contribution < -0.4 is 10.2 Å². The van der Waals surface area contributed by atoms with Gasteiger partial charge in [-0.3, -0.25) is 14.9 Å². The lowest BCUT2D eigenvalue weighted by atomic mass is 9.98. The second-order valence-electron chi connectivity index (χ2n) is 8.80.